The van der Waals surface area contributed by atoms with Gasteiger partial charge in [-0.25, -0.2) is 13.2 Å². The zero-order valence-corrected chi connectivity index (χ0v) is 12.3. The number of benzene rings is 2. The van der Waals surface area contributed by atoms with E-state index in [-0.39, 0.29) is 16.1 Å². The first-order valence-electron chi connectivity index (χ1n) is 5.13. The predicted molar refractivity (Wildman–Crippen MR) is 73.2 cm³/mol. The van der Waals surface area contributed by atoms with Crippen molar-refractivity contribution in [3.05, 3.63) is 68.4 Å². The average molecular weight is 370 g/mol. The number of rotatable bonds is 2. The highest BCUT2D eigenvalue weighted by Crippen LogP contribution is 2.36. The minimum Gasteiger partial charge on any atom is -0.207 e. The maximum Gasteiger partial charge on any atom is 0.160 e. The van der Waals surface area contributed by atoms with Gasteiger partial charge in [-0.2, -0.15) is 0 Å². The normalized spacial score (nSPS) is 12.5. The smallest absolute Gasteiger partial charge is 0.160 e. The van der Waals surface area contributed by atoms with Crippen LogP contribution in [0.15, 0.2) is 34.8 Å². The van der Waals surface area contributed by atoms with Crippen molar-refractivity contribution >= 4 is 39.1 Å². The minimum absolute atomic E-state index is 0.0544. The predicted octanol–water partition coefficient (Wildman–Crippen LogP) is 5.85. The van der Waals surface area contributed by atoms with Crippen molar-refractivity contribution in [2.45, 2.75) is 5.38 Å². The van der Waals surface area contributed by atoms with E-state index in [1.165, 1.54) is 12.1 Å². The summed E-state index contributed by atoms with van der Waals surface area (Å²) in [6, 6.07) is 5.98. The lowest BCUT2D eigenvalue weighted by molar-refractivity contribution is 0.507. The van der Waals surface area contributed by atoms with E-state index in [9.17, 15) is 13.2 Å². The molecule has 0 amide bonds. The van der Waals surface area contributed by atoms with Crippen LogP contribution in [-0.4, -0.2) is 0 Å². The molecular formula is C13H6BrCl2F3. The summed E-state index contributed by atoms with van der Waals surface area (Å²) in [7, 11) is 0. The van der Waals surface area contributed by atoms with Gasteiger partial charge in [0.25, 0.3) is 0 Å². The number of halogens is 6. The second kappa shape index (κ2) is 5.73. The standard InChI is InChI=1S/C13H6BrCl2F3/c14-6-1-2-7(10(17)3-6)13(16)8-4-11(18)12(19)5-9(8)15/h1-5,13H. The fraction of sp³-hybridized carbons (Fsp3) is 0.0769. The molecule has 0 saturated carbocycles. The zero-order chi connectivity index (χ0) is 14.2. The van der Waals surface area contributed by atoms with Crippen LogP contribution in [0, 0.1) is 17.5 Å². The molecule has 0 aromatic heterocycles. The average Bonchev–Trinajstić information content (AvgIpc) is 2.33. The van der Waals surface area contributed by atoms with Gasteiger partial charge >= 0.3 is 0 Å². The van der Waals surface area contributed by atoms with Crippen LogP contribution in [0.1, 0.15) is 16.5 Å². The van der Waals surface area contributed by atoms with Gasteiger partial charge in [-0.1, -0.05) is 33.6 Å². The first-order chi connectivity index (χ1) is 8.90. The number of alkyl halides is 1. The van der Waals surface area contributed by atoms with Crippen molar-refractivity contribution in [1.29, 1.82) is 0 Å². The van der Waals surface area contributed by atoms with E-state index in [1.807, 2.05) is 0 Å². The molecule has 2 aromatic rings. The summed E-state index contributed by atoms with van der Waals surface area (Å²) in [4.78, 5) is 0. The lowest BCUT2D eigenvalue weighted by Crippen LogP contribution is -2.00. The van der Waals surface area contributed by atoms with Crippen LogP contribution in [0.25, 0.3) is 0 Å². The van der Waals surface area contributed by atoms with Crippen LogP contribution in [0.2, 0.25) is 5.02 Å². The molecule has 0 fully saturated rings. The second-order valence-corrected chi connectivity index (χ2v) is 5.58. The fourth-order valence-electron chi connectivity index (χ4n) is 1.61. The lowest BCUT2D eigenvalue weighted by Gasteiger charge is -2.13. The van der Waals surface area contributed by atoms with Crippen molar-refractivity contribution < 1.29 is 13.2 Å². The first-order valence-corrected chi connectivity index (χ1v) is 6.74. The fourth-order valence-corrected chi connectivity index (χ4v) is 2.61. The molecule has 0 N–H and O–H groups in total. The van der Waals surface area contributed by atoms with Crippen LogP contribution >= 0.6 is 39.1 Å². The summed E-state index contributed by atoms with van der Waals surface area (Å²) in [5.74, 6) is -2.72. The first kappa shape index (κ1) is 14.7. The third-order valence-electron chi connectivity index (χ3n) is 2.55. The van der Waals surface area contributed by atoms with Gasteiger partial charge in [0.2, 0.25) is 0 Å². The highest BCUT2D eigenvalue weighted by Gasteiger charge is 2.20. The Morgan fingerprint density at radius 2 is 1.53 bits per heavy atom. The van der Waals surface area contributed by atoms with Gasteiger partial charge < -0.3 is 0 Å². The van der Waals surface area contributed by atoms with Crippen molar-refractivity contribution in [3.63, 3.8) is 0 Å². The molecule has 0 radical (unpaired) electrons. The Morgan fingerprint density at radius 1 is 0.895 bits per heavy atom. The lowest BCUT2D eigenvalue weighted by atomic mass is 10.0. The quantitative estimate of drug-likeness (QED) is 0.460. The molecule has 0 spiro atoms. The summed E-state index contributed by atoms with van der Waals surface area (Å²) in [6.07, 6.45) is 0. The van der Waals surface area contributed by atoms with E-state index < -0.39 is 22.8 Å². The van der Waals surface area contributed by atoms with Gasteiger partial charge in [0.05, 0.1) is 5.38 Å². The molecule has 1 atom stereocenters. The molecule has 100 valence electrons. The Labute approximate surface area is 126 Å². The van der Waals surface area contributed by atoms with Crippen molar-refractivity contribution in [3.8, 4) is 0 Å². The Hall–Kier alpha value is -0.710. The third kappa shape index (κ3) is 3.07. The summed E-state index contributed by atoms with van der Waals surface area (Å²) in [5.41, 5.74) is 0.251. The van der Waals surface area contributed by atoms with Gasteiger partial charge in [0.1, 0.15) is 5.82 Å². The van der Waals surface area contributed by atoms with Gasteiger partial charge in [0, 0.05) is 15.1 Å². The van der Waals surface area contributed by atoms with E-state index in [4.69, 9.17) is 23.2 Å². The van der Waals surface area contributed by atoms with Crippen LogP contribution in [0.4, 0.5) is 13.2 Å². The Kier molecular flexibility index (Phi) is 4.43. The highest BCUT2D eigenvalue weighted by molar-refractivity contribution is 9.10. The molecule has 0 aliphatic rings. The number of hydrogen-bond donors (Lipinski definition) is 0. The van der Waals surface area contributed by atoms with E-state index in [0.29, 0.717) is 4.47 Å². The molecule has 1 unspecified atom stereocenters. The molecule has 0 aliphatic heterocycles. The van der Waals surface area contributed by atoms with Gasteiger partial charge in [0.15, 0.2) is 11.6 Å². The highest BCUT2D eigenvalue weighted by atomic mass is 79.9. The van der Waals surface area contributed by atoms with E-state index in [0.717, 1.165) is 12.1 Å². The molecule has 6 heteroatoms. The summed E-state index contributed by atoms with van der Waals surface area (Å²) in [5, 5.41) is -1.06. The Balaban J connectivity index is 2.49. The molecule has 0 aliphatic carbocycles. The van der Waals surface area contributed by atoms with Crippen molar-refractivity contribution in [2.75, 3.05) is 0 Å². The Bertz CT molecular complexity index is 632. The largest absolute Gasteiger partial charge is 0.207 e. The zero-order valence-electron chi connectivity index (χ0n) is 9.23. The number of hydrogen-bond acceptors (Lipinski definition) is 0. The van der Waals surface area contributed by atoms with E-state index >= 15 is 0 Å². The molecule has 2 aromatic carbocycles. The van der Waals surface area contributed by atoms with Gasteiger partial charge in [-0.3, -0.25) is 0 Å². The van der Waals surface area contributed by atoms with Gasteiger partial charge in [-0.05, 0) is 29.8 Å². The molecule has 0 bridgehead atoms. The van der Waals surface area contributed by atoms with Crippen LogP contribution in [-0.2, 0) is 0 Å². The van der Waals surface area contributed by atoms with E-state index in [1.54, 1.807) is 6.07 Å². The molecule has 0 nitrogen and oxygen atoms in total. The molecule has 0 saturated heterocycles. The SMILES string of the molecule is Fc1cc(Cl)c(C(Cl)c2ccc(Br)cc2F)cc1F. The molecule has 19 heavy (non-hydrogen) atoms. The van der Waals surface area contributed by atoms with E-state index in [2.05, 4.69) is 15.9 Å². The summed E-state index contributed by atoms with van der Waals surface area (Å²) in [6.45, 7) is 0. The third-order valence-corrected chi connectivity index (χ3v) is 3.84. The van der Waals surface area contributed by atoms with Crippen molar-refractivity contribution in [1.82, 2.24) is 0 Å². The van der Waals surface area contributed by atoms with Crippen molar-refractivity contribution in [2.24, 2.45) is 0 Å². The van der Waals surface area contributed by atoms with Crippen LogP contribution in [0.3, 0.4) is 0 Å². The van der Waals surface area contributed by atoms with Gasteiger partial charge in [-0.15, -0.1) is 11.6 Å². The van der Waals surface area contributed by atoms with Crippen LogP contribution in [0.5, 0.6) is 0 Å². The molecular weight excluding hydrogens is 364 g/mol. The molecule has 0 heterocycles. The molecule has 2 rings (SSSR count). The summed E-state index contributed by atoms with van der Waals surface area (Å²) >= 11 is 15.0. The second-order valence-electron chi connectivity index (χ2n) is 3.82. The van der Waals surface area contributed by atoms with Crippen LogP contribution < -0.4 is 0 Å². The monoisotopic (exact) mass is 368 g/mol. The topological polar surface area (TPSA) is 0 Å². The minimum atomic E-state index is -1.08. The summed E-state index contributed by atoms with van der Waals surface area (Å²) < 4.78 is 40.5. The maximum atomic E-state index is 13.8. The maximum absolute atomic E-state index is 13.8. The Morgan fingerprint density at radius 3 is 2.16 bits per heavy atom.